The second-order valence-electron chi connectivity index (χ2n) is 7.91. The van der Waals surface area contributed by atoms with Crippen LogP contribution in [0.25, 0.3) is 0 Å². The Morgan fingerprint density at radius 1 is 0.704 bits per heavy atom. The average molecular weight is 369 g/mol. The predicted molar refractivity (Wildman–Crippen MR) is 117 cm³/mol. The summed E-state index contributed by atoms with van der Waals surface area (Å²) in [7, 11) is 0. The number of rotatable bonds is 16. The van der Waals surface area contributed by atoms with Gasteiger partial charge in [-0.2, -0.15) is 0 Å². The highest BCUT2D eigenvalue weighted by molar-refractivity contribution is 5.14. The Bertz CT molecular complexity index is 573. The molecule has 150 valence electrons. The molecule has 0 fully saturated rings. The quantitative estimate of drug-likeness (QED) is 0.283. The number of benzene rings is 1. The van der Waals surface area contributed by atoms with Crippen LogP contribution in [0, 0.1) is 0 Å². The van der Waals surface area contributed by atoms with Crippen molar-refractivity contribution in [3.8, 4) is 0 Å². The van der Waals surface area contributed by atoms with Crippen molar-refractivity contribution in [1.29, 1.82) is 0 Å². The molecular weight excluding hydrogens is 328 g/mol. The number of aryl methyl sites for hydroxylation is 3. The normalized spacial score (nSPS) is 11.1. The first kappa shape index (κ1) is 21.7. The fourth-order valence-electron chi connectivity index (χ4n) is 3.81. The fraction of sp³-hybridized carbons (Fsp3) is 0.640. The largest absolute Gasteiger partial charge is 0.335 e. The van der Waals surface area contributed by atoms with Crippen LogP contribution in [-0.2, 0) is 19.4 Å². The zero-order chi connectivity index (χ0) is 19.0. The van der Waals surface area contributed by atoms with Gasteiger partial charge in [0.05, 0.1) is 0 Å². The first-order valence-electron chi connectivity index (χ1n) is 11.4. The van der Waals surface area contributed by atoms with E-state index in [9.17, 15) is 0 Å². The van der Waals surface area contributed by atoms with Gasteiger partial charge in [-0.05, 0) is 24.8 Å². The van der Waals surface area contributed by atoms with Crippen molar-refractivity contribution < 1.29 is 0 Å². The van der Waals surface area contributed by atoms with Crippen LogP contribution in [0.4, 0.5) is 0 Å². The van der Waals surface area contributed by atoms with Gasteiger partial charge in [0.2, 0.25) is 0 Å². The molecule has 0 atom stereocenters. The molecule has 0 unspecified atom stereocenters. The molecule has 1 aromatic heterocycles. The summed E-state index contributed by atoms with van der Waals surface area (Å²) in [6, 6.07) is 10.8. The molecule has 0 N–H and O–H groups in total. The number of hydrogen-bond acceptors (Lipinski definition) is 1. The monoisotopic (exact) mass is 368 g/mol. The van der Waals surface area contributed by atoms with Crippen molar-refractivity contribution in [3.63, 3.8) is 0 Å². The van der Waals surface area contributed by atoms with Crippen molar-refractivity contribution in [2.45, 2.75) is 103 Å². The van der Waals surface area contributed by atoms with E-state index in [1.165, 1.54) is 88.4 Å². The van der Waals surface area contributed by atoms with E-state index in [2.05, 4.69) is 53.0 Å². The Kier molecular flexibility index (Phi) is 11.7. The van der Waals surface area contributed by atoms with Gasteiger partial charge < -0.3 is 4.57 Å². The van der Waals surface area contributed by atoms with Gasteiger partial charge in [-0.1, -0.05) is 101 Å². The molecule has 27 heavy (non-hydrogen) atoms. The van der Waals surface area contributed by atoms with Gasteiger partial charge in [0.1, 0.15) is 5.82 Å². The second kappa shape index (κ2) is 14.5. The summed E-state index contributed by atoms with van der Waals surface area (Å²) >= 11 is 0. The molecule has 0 saturated carbocycles. The number of unbranched alkanes of at least 4 members (excludes halogenated alkanes) is 10. The highest BCUT2D eigenvalue weighted by Crippen LogP contribution is 2.13. The lowest BCUT2D eigenvalue weighted by atomic mass is 10.1. The van der Waals surface area contributed by atoms with Crippen LogP contribution < -0.4 is 0 Å². The third-order valence-electron chi connectivity index (χ3n) is 5.51. The summed E-state index contributed by atoms with van der Waals surface area (Å²) in [6.07, 6.45) is 23.0. The standard InChI is InChI=1S/C25H40N2/c1-2-3-4-5-6-7-8-9-10-11-15-22-27-23-21-26-25(27)20-16-19-24-17-13-12-14-18-24/h12-14,17-18,21,23H,2-11,15-16,19-20,22H2,1H3. The van der Waals surface area contributed by atoms with Crippen LogP contribution in [0.15, 0.2) is 42.7 Å². The van der Waals surface area contributed by atoms with Crippen LogP contribution >= 0.6 is 0 Å². The van der Waals surface area contributed by atoms with Crippen molar-refractivity contribution in [2.75, 3.05) is 0 Å². The summed E-state index contributed by atoms with van der Waals surface area (Å²) in [6.45, 7) is 3.43. The van der Waals surface area contributed by atoms with Crippen LogP contribution in [0.3, 0.4) is 0 Å². The highest BCUT2D eigenvalue weighted by Gasteiger charge is 2.03. The molecular formula is C25H40N2. The number of nitrogens with zero attached hydrogens (tertiary/aromatic N) is 2. The Morgan fingerprint density at radius 2 is 1.33 bits per heavy atom. The van der Waals surface area contributed by atoms with Gasteiger partial charge in [-0.25, -0.2) is 4.98 Å². The first-order chi connectivity index (χ1) is 13.4. The van der Waals surface area contributed by atoms with E-state index in [-0.39, 0.29) is 0 Å². The minimum absolute atomic E-state index is 1.08. The summed E-state index contributed by atoms with van der Waals surface area (Å²) < 4.78 is 2.37. The Balaban J connectivity index is 1.49. The van der Waals surface area contributed by atoms with E-state index in [1.54, 1.807) is 0 Å². The molecule has 0 aliphatic carbocycles. The van der Waals surface area contributed by atoms with Crippen LogP contribution in [0.1, 0.15) is 95.4 Å². The minimum atomic E-state index is 1.08. The molecule has 1 heterocycles. The molecule has 0 spiro atoms. The average Bonchev–Trinajstić information content (AvgIpc) is 3.14. The zero-order valence-corrected chi connectivity index (χ0v) is 17.5. The van der Waals surface area contributed by atoms with Gasteiger partial charge in [0.15, 0.2) is 0 Å². The van der Waals surface area contributed by atoms with Gasteiger partial charge in [-0.3, -0.25) is 0 Å². The molecule has 0 amide bonds. The molecule has 2 rings (SSSR count). The molecule has 2 nitrogen and oxygen atoms in total. The number of hydrogen-bond donors (Lipinski definition) is 0. The maximum atomic E-state index is 4.58. The Hall–Kier alpha value is -1.57. The van der Waals surface area contributed by atoms with Gasteiger partial charge in [0.25, 0.3) is 0 Å². The molecule has 2 heteroatoms. The number of aromatic nitrogens is 2. The lowest BCUT2D eigenvalue weighted by Gasteiger charge is -2.08. The fourth-order valence-corrected chi connectivity index (χ4v) is 3.81. The summed E-state index contributed by atoms with van der Waals surface area (Å²) in [4.78, 5) is 4.58. The van der Waals surface area contributed by atoms with Gasteiger partial charge in [0, 0.05) is 25.4 Å². The smallest absolute Gasteiger partial charge is 0.108 e. The predicted octanol–water partition coefficient (Wildman–Crippen LogP) is 7.37. The van der Waals surface area contributed by atoms with E-state index in [4.69, 9.17) is 0 Å². The molecule has 0 saturated heterocycles. The summed E-state index contributed by atoms with van der Waals surface area (Å²) in [5, 5.41) is 0. The van der Waals surface area contributed by atoms with E-state index in [1.807, 2.05) is 6.20 Å². The maximum Gasteiger partial charge on any atom is 0.108 e. The molecule has 0 radical (unpaired) electrons. The van der Waals surface area contributed by atoms with E-state index >= 15 is 0 Å². The third kappa shape index (κ3) is 9.79. The van der Waals surface area contributed by atoms with E-state index < -0.39 is 0 Å². The topological polar surface area (TPSA) is 17.8 Å². The van der Waals surface area contributed by atoms with Crippen molar-refractivity contribution in [1.82, 2.24) is 9.55 Å². The highest BCUT2D eigenvalue weighted by atomic mass is 15.1. The lowest BCUT2D eigenvalue weighted by Crippen LogP contribution is -2.04. The maximum absolute atomic E-state index is 4.58. The Morgan fingerprint density at radius 3 is 2.00 bits per heavy atom. The minimum Gasteiger partial charge on any atom is -0.335 e. The molecule has 0 aliphatic heterocycles. The summed E-state index contributed by atoms with van der Waals surface area (Å²) in [5.74, 6) is 1.26. The van der Waals surface area contributed by atoms with Crippen LogP contribution in [0.2, 0.25) is 0 Å². The van der Waals surface area contributed by atoms with Crippen molar-refractivity contribution in [3.05, 3.63) is 54.1 Å². The second-order valence-corrected chi connectivity index (χ2v) is 7.91. The van der Waals surface area contributed by atoms with Crippen LogP contribution in [-0.4, -0.2) is 9.55 Å². The van der Waals surface area contributed by atoms with Gasteiger partial charge >= 0.3 is 0 Å². The van der Waals surface area contributed by atoms with E-state index in [0.717, 1.165) is 19.4 Å². The summed E-state index contributed by atoms with van der Waals surface area (Å²) in [5.41, 5.74) is 1.43. The zero-order valence-electron chi connectivity index (χ0n) is 17.5. The Labute approximate surface area is 167 Å². The first-order valence-corrected chi connectivity index (χ1v) is 11.4. The number of imidazole rings is 1. The lowest BCUT2D eigenvalue weighted by molar-refractivity contribution is 0.524. The van der Waals surface area contributed by atoms with E-state index in [0.29, 0.717) is 0 Å². The van der Waals surface area contributed by atoms with Crippen molar-refractivity contribution in [2.24, 2.45) is 0 Å². The molecule has 1 aromatic carbocycles. The SMILES string of the molecule is CCCCCCCCCCCCCn1ccnc1CCCc1ccccc1. The molecule has 2 aromatic rings. The van der Waals surface area contributed by atoms with Crippen molar-refractivity contribution >= 4 is 0 Å². The third-order valence-corrected chi connectivity index (χ3v) is 5.51. The van der Waals surface area contributed by atoms with Crippen LogP contribution in [0.5, 0.6) is 0 Å². The molecule has 0 bridgehead atoms. The molecule has 0 aliphatic rings. The van der Waals surface area contributed by atoms with Gasteiger partial charge in [-0.15, -0.1) is 0 Å².